The Morgan fingerprint density at radius 1 is 1.29 bits per heavy atom. The molecule has 2 rings (SSSR count). The molecular formula is C12H12BrN3Se. The van der Waals surface area contributed by atoms with Gasteiger partial charge in [-0.3, -0.25) is 0 Å². The maximum absolute atomic E-state index is 4.53. The Labute approximate surface area is 115 Å². The van der Waals surface area contributed by atoms with E-state index in [-0.39, 0.29) is 14.5 Å². The molecule has 0 saturated heterocycles. The van der Waals surface area contributed by atoms with E-state index in [0.717, 1.165) is 26.1 Å². The molecule has 5 heteroatoms. The third kappa shape index (κ3) is 3.53. The Bertz CT molecular complexity index is 527. The van der Waals surface area contributed by atoms with Crippen LogP contribution in [0.25, 0.3) is 11.3 Å². The van der Waals surface area contributed by atoms with Gasteiger partial charge in [0.1, 0.15) is 0 Å². The van der Waals surface area contributed by atoms with Crippen molar-refractivity contribution in [2.45, 2.75) is 13.8 Å². The molecule has 0 bridgehead atoms. The van der Waals surface area contributed by atoms with Gasteiger partial charge < -0.3 is 0 Å². The second-order valence-corrected chi connectivity index (χ2v) is 6.43. The number of benzene rings is 1. The van der Waals surface area contributed by atoms with Crippen LogP contribution in [-0.4, -0.2) is 25.2 Å². The molecule has 0 fully saturated rings. The van der Waals surface area contributed by atoms with Crippen molar-refractivity contribution in [2.24, 2.45) is 5.10 Å². The molecule has 0 unspecified atom stereocenters. The first-order valence-electron chi connectivity index (χ1n) is 5.13. The van der Waals surface area contributed by atoms with Crippen molar-refractivity contribution in [1.29, 1.82) is 0 Å². The third-order valence-corrected chi connectivity index (χ3v) is 4.12. The fourth-order valence-corrected chi connectivity index (χ4v) is 2.89. The van der Waals surface area contributed by atoms with Gasteiger partial charge in [0.2, 0.25) is 0 Å². The molecule has 1 aromatic carbocycles. The molecule has 0 radical (unpaired) electrons. The predicted molar refractivity (Wildman–Crippen MR) is 76.7 cm³/mol. The minimum atomic E-state index is 0.251. The van der Waals surface area contributed by atoms with Gasteiger partial charge in [-0.25, -0.2) is 0 Å². The van der Waals surface area contributed by atoms with Crippen molar-refractivity contribution in [2.75, 3.05) is 5.43 Å². The van der Waals surface area contributed by atoms with Crippen molar-refractivity contribution in [3.63, 3.8) is 0 Å². The zero-order valence-electron chi connectivity index (χ0n) is 9.57. The molecule has 1 aromatic heterocycles. The SMILES string of the molecule is CC(C)=NNc1nc(-c2ccc(Br)cc2)c[se]1. The molecule has 2 aromatic rings. The zero-order valence-corrected chi connectivity index (χ0v) is 12.9. The Hall–Kier alpha value is -0.901. The predicted octanol–water partition coefficient (Wildman–Crippen LogP) is 3.38. The number of halogens is 1. The number of nitrogens with one attached hydrogen (secondary N) is 1. The maximum atomic E-state index is 4.53. The average molecular weight is 357 g/mol. The third-order valence-electron chi connectivity index (χ3n) is 2.02. The van der Waals surface area contributed by atoms with Gasteiger partial charge in [-0.1, -0.05) is 0 Å². The quantitative estimate of drug-likeness (QED) is 0.520. The van der Waals surface area contributed by atoms with E-state index in [1.54, 1.807) is 0 Å². The van der Waals surface area contributed by atoms with E-state index in [9.17, 15) is 0 Å². The number of hydrogen-bond acceptors (Lipinski definition) is 3. The van der Waals surface area contributed by atoms with Gasteiger partial charge in [-0.05, 0) is 0 Å². The Kier molecular flexibility index (Phi) is 4.15. The van der Waals surface area contributed by atoms with Gasteiger partial charge in [0.15, 0.2) is 0 Å². The van der Waals surface area contributed by atoms with Crippen molar-refractivity contribution in [3.05, 3.63) is 33.7 Å². The first kappa shape index (κ1) is 12.6. The van der Waals surface area contributed by atoms with Crippen LogP contribution < -0.4 is 5.43 Å². The standard InChI is InChI=1S/C12H12BrN3Se/c1-8(2)15-16-12-14-11(7-17-12)9-3-5-10(13)6-4-9/h3-7H,1-2H3,(H,14,16). The minimum absolute atomic E-state index is 0.251. The van der Waals surface area contributed by atoms with Crippen molar-refractivity contribution < 1.29 is 0 Å². The van der Waals surface area contributed by atoms with Crippen molar-refractivity contribution in [1.82, 2.24) is 4.98 Å². The van der Waals surface area contributed by atoms with E-state index < -0.39 is 0 Å². The Balaban J connectivity index is 2.18. The number of hydrazone groups is 1. The van der Waals surface area contributed by atoms with Crippen LogP contribution in [0.2, 0.25) is 0 Å². The van der Waals surface area contributed by atoms with Crippen LogP contribution >= 0.6 is 15.9 Å². The van der Waals surface area contributed by atoms with Crippen LogP contribution in [0, 0.1) is 0 Å². The molecule has 1 N–H and O–H groups in total. The van der Waals surface area contributed by atoms with Crippen LogP contribution in [0.1, 0.15) is 13.8 Å². The van der Waals surface area contributed by atoms with E-state index >= 15 is 0 Å². The molecule has 0 aliphatic rings. The van der Waals surface area contributed by atoms with E-state index in [4.69, 9.17) is 0 Å². The summed E-state index contributed by atoms with van der Waals surface area (Å²) in [6.45, 7) is 3.91. The van der Waals surface area contributed by atoms with E-state index in [2.05, 4.69) is 48.5 Å². The van der Waals surface area contributed by atoms with Crippen LogP contribution in [-0.2, 0) is 0 Å². The molecule has 1 heterocycles. The summed E-state index contributed by atoms with van der Waals surface area (Å²) in [5, 5.41) is 4.16. The summed E-state index contributed by atoms with van der Waals surface area (Å²) in [6, 6.07) is 8.18. The fraction of sp³-hybridized carbons (Fsp3) is 0.167. The second-order valence-electron chi connectivity index (χ2n) is 3.72. The first-order chi connectivity index (χ1) is 8.15. The van der Waals surface area contributed by atoms with Crippen molar-refractivity contribution >= 4 is 40.8 Å². The van der Waals surface area contributed by atoms with Gasteiger partial charge in [-0.2, -0.15) is 0 Å². The molecule has 0 saturated carbocycles. The topological polar surface area (TPSA) is 37.3 Å². The molecule has 0 amide bonds. The average Bonchev–Trinajstić information content (AvgIpc) is 2.76. The van der Waals surface area contributed by atoms with Crippen LogP contribution in [0.3, 0.4) is 0 Å². The number of hydrogen-bond donors (Lipinski definition) is 1. The van der Waals surface area contributed by atoms with E-state index in [0.29, 0.717) is 0 Å². The van der Waals surface area contributed by atoms with Crippen LogP contribution in [0.4, 0.5) is 4.69 Å². The zero-order chi connectivity index (χ0) is 12.3. The van der Waals surface area contributed by atoms with Crippen LogP contribution in [0.15, 0.2) is 38.8 Å². The molecule has 17 heavy (non-hydrogen) atoms. The van der Waals surface area contributed by atoms with Gasteiger partial charge in [-0.15, -0.1) is 0 Å². The number of rotatable bonds is 3. The van der Waals surface area contributed by atoms with Gasteiger partial charge in [0.05, 0.1) is 0 Å². The van der Waals surface area contributed by atoms with Gasteiger partial charge >= 0.3 is 115 Å². The first-order valence-corrected chi connectivity index (χ1v) is 7.77. The summed E-state index contributed by atoms with van der Waals surface area (Å²) < 4.78 is 2.04. The normalized spacial score (nSPS) is 10.1. The Morgan fingerprint density at radius 3 is 2.65 bits per heavy atom. The van der Waals surface area contributed by atoms with Crippen molar-refractivity contribution in [3.8, 4) is 11.3 Å². The van der Waals surface area contributed by atoms with E-state index in [1.165, 1.54) is 0 Å². The summed E-state index contributed by atoms with van der Waals surface area (Å²) in [5.41, 5.74) is 6.17. The molecule has 88 valence electrons. The molecular weight excluding hydrogens is 345 g/mol. The molecule has 0 aliphatic heterocycles. The summed E-state index contributed by atoms with van der Waals surface area (Å²) in [5.74, 6) is 0. The number of aromatic nitrogens is 1. The fourth-order valence-electron chi connectivity index (χ4n) is 1.24. The monoisotopic (exact) mass is 357 g/mol. The molecule has 0 atom stereocenters. The number of nitrogens with zero attached hydrogens (tertiary/aromatic N) is 2. The van der Waals surface area contributed by atoms with Gasteiger partial charge in [0, 0.05) is 0 Å². The number of anilines is 1. The van der Waals surface area contributed by atoms with Gasteiger partial charge in [0.25, 0.3) is 0 Å². The van der Waals surface area contributed by atoms with Crippen LogP contribution in [0.5, 0.6) is 0 Å². The van der Waals surface area contributed by atoms with E-state index in [1.807, 2.05) is 26.0 Å². The summed E-state index contributed by atoms with van der Waals surface area (Å²) in [7, 11) is 0. The molecule has 3 nitrogen and oxygen atoms in total. The summed E-state index contributed by atoms with van der Waals surface area (Å²) in [6.07, 6.45) is 0. The molecule has 0 aliphatic carbocycles. The second kappa shape index (κ2) is 5.63. The summed E-state index contributed by atoms with van der Waals surface area (Å²) in [4.78, 5) is 6.70. The molecule has 0 spiro atoms. The summed E-state index contributed by atoms with van der Waals surface area (Å²) >= 11 is 3.68. The Morgan fingerprint density at radius 2 is 2.00 bits per heavy atom.